The third-order valence-corrected chi connectivity index (χ3v) is 5.40. The Hall–Kier alpha value is -2.92. The largest absolute Gasteiger partial charge is 0.383 e. The summed E-state index contributed by atoms with van der Waals surface area (Å²) >= 11 is 0. The fourth-order valence-corrected chi connectivity index (χ4v) is 3.76. The molecule has 1 aromatic heterocycles. The first kappa shape index (κ1) is 18.4. The second-order valence-electron chi connectivity index (χ2n) is 7.26. The van der Waals surface area contributed by atoms with E-state index in [0.29, 0.717) is 13.2 Å². The van der Waals surface area contributed by atoms with Crippen LogP contribution in [0.15, 0.2) is 54.9 Å². The van der Waals surface area contributed by atoms with Crippen molar-refractivity contribution in [2.75, 3.05) is 26.8 Å². The van der Waals surface area contributed by atoms with Crippen LogP contribution in [-0.2, 0) is 17.6 Å². The smallest absolute Gasteiger partial charge is 0.254 e. The lowest BCUT2D eigenvalue weighted by molar-refractivity contribution is 0.0679. The van der Waals surface area contributed by atoms with E-state index in [-0.39, 0.29) is 5.91 Å². The molecule has 0 saturated carbocycles. The number of ether oxygens (including phenoxy) is 1. The summed E-state index contributed by atoms with van der Waals surface area (Å²) in [5.41, 5.74) is 6.71. The number of hydrogen-bond acceptors (Lipinski definition) is 3. The van der Waals surface area contributed by atoms with E-state index in [2.05, 4.69) is 48.4 Å². The van der Waals surface area contributed by atoms with Crippen LogP contribution in [0.2, 0.25) is 0 Å². The lowest BCUT2D eigenvalue weighted by Crippen LogP contribution is -2.39. The Labute approximate surface area is 165 Å². The van der Waals surface area contributed by atoms with Crippen molar-refractivity contribution in [2.45, 2.75) is 19.8 Å². The van der Waals surface area contributed by atoms with E-state index >= 15 is 0 Å². The predicted molar refractivity (Wildman–Crippen MR) is 109 cm³/mol. The first-order valence-corrected chi connectivity index (χ1v) is 9.65. The molecule has 1 aliphatic heterocycles. The van der Waals surface area contributed by atoms with Crippen molar-refractivity contribution in [1.82, 2.24) is 14.7 Å². The van der Waals surface area contributed by atoms with Crippen molar-refractivity contribution in [3.05, 3.63) is 82.7 Å². The summed E-state index contributed by atoms with van der Waals surface area (Å²) in [7, 11) is 1.67. The molecule has 5 heteroatoms. The molecule has 0 fully saturated rings. The molecule has 0 spiro atoms. The van der Waals surface area contributed by atoms with Gasteiger partial charge in [-0.2, -0.15) is 5.10 Å². The minimum absolute atomic E-state index is 0.119. The fraction of sp³-hybridized carbons (Fsp3) is 0.304. The molecule has 0 saturated heterocycles. The molecular formula is C23H25N3O2. The molecule has 1 amide bonds. The number of aryl methyl sites for hydroxylation is 1. The molecule has 0 unspecified atom stereocenters. The van der Waals surface area contributed by atoms with E-state index < -0.39 is 0 Å². The highest BCUT2D eigenvalue weighted by atomic mass is 16.5. The van der Waals surface area contributed by atoms with E-state index in [9.17, 15) is 4.79 Å². The molecule has 0 N–H and O–H groups in total. The average Bonchev–Trinajstić information content (AvgIpc) is 3.24. The first-order valence-electron chi connectivity index (χ1n) is 9.65. The van der Waals surface area contributed by atoms with Gasteiger partial charge in [0.15, 0.2) is 0 Å². The first-order chi connectivity index (χ1) is 13.7. The SMILES string of the molecule is COCCN1CCc2cc(C)c(Cc3ccc(-n4cccn4)cc3)cc2C1=O. The highest BCUT2D eigenvalue weighted by molar-refractivity contribution is 5.97. The minimum atomic E-state index is 0.119. The van der Waals surface area contributed by atoms with Crippen LogP contribution in [0, 0.1) is 6.92 Å². The number of fused-ring (bicyclic) bond motifs is 1. The van der Waals surface area contributed by atoms with Gasteiger partial charge in [0.05, 0.1) is 12.3 Å². The second kappa shape index (κ2) is 7.98. The Bertz CT molecular complexity index is 962. The molecule has 0 aliphatic carbocycles. The zero-order valence-electron chi connectivity index (χ0n) is 16.4. The van der Waals surface area contributed by atoms with Crippen molar-refractivity contribution >= 4 is 5.91 Å². The zero-order valence-corrected chi connectivity index (χ0v) is 16.4. The maximum Gasteiger partial charge on any atom is 0.254 e. The number of carbonyl (C=O) groups is 1. The summed E-state index contributed by atoms with van der Waals surface area (Å²) in [6.07, 6.45) is 5.43. The van der Waals surface area contributed by atoms with Crippen LogP contribution in [0.1, 0.15) is 32.6 Å². The monoisotopic (exact) mass is 375 g/mol. The highest BCUT2D eigenvalue weighted by Crippen LogP contribution is 2.25. The van der Waals surface area contributed by atoms with Gasteiger partial charge < -0.3 is 9.64 Å². The Balaban J connectivity index is 1.56. The Morgan fingerprint density at radius 1 is 1.18 bits per heavy atom. The number of nitrogens with zero attached hydrogens (tertiary/aromatic N) is 3. The molecule has 4 rings (SSSR count). The van der Waals surface area contributed by atoms with Crippen LogP contribution in [0.3, 0.4) is 0 Å². The van der Waals surface area contributed by atoms with Crippen LogP contribution in [-0.4, -0.2) is 47.4 Å². The summed E-state index contributed by atoms with van der Waals surface area (Å²) in [4.78, 5) is 14.8. The van der Waals surface area contributed by atoms with E-state index in [1.807, 2.05) is 21.8 Å². The number of hydrogen-bond donors (Lipinski definition) is 0. The van der Waals surface area contributed by atoms with Crippen molar-refractivity contribution in [1.29, 1.82) is 0 Å². The average molecular weight is 375 g/mol. The second-order valence-corrected chi connectivity index (χ2v) is 7.26. The van der Waals surface area contributed by atoms with Crippen LogP contribution in [0.5, 0.6) is 0 Å². The quantitative estimate of drug-likeness (QED) is 0.663. The van der Waals surface area contributed by atoms with Gasteiger partial charge in [0.25, 0.3) is 5.91 Å². The van der Waals surface area contributed by atoms with Gasteiger partial charge in [0.2, 0.25) is 0 Å². The third kappa shape index (κ3) is 3.71. The van der Waals surface area contributed by atoms with E-state index in [1.54, 1.807) is 13.3 Å². The van der Waals surface area contributed by atoms with Crippen molar-refractivity contribution in [3.8, 4) is 5.69 Å². The van der Waals surface area contributed by atoms with Crippen LogP contribution in [0.25, 0.3) is 5.69 Å². The lowest BCUT2D eigenvalue weighted by atomic mass is 9.91. The molecule has 3 aromatic rings. The van der Waals surface area contributed by atoms with Gasteiger partial charge in [-0.1, -0.05) is 18.2 Å². The van der Waals surface area contributed by atoms with Crippen molar-refractivity contribution in [3.63, 3.8) is 0 Å². The number of methoxy groups -OCH3 is 1. The lowest BCUT2D eigenvalue weighted by Gasteiger charge is -2.29. The highest BCUT2D eigenvalue weighted by Gasteiger charge is 2.25. The van der Waals surface area contributed by atoms with Gasteiger partial charge >= 0.3 is 0 Å². The maximum absolute atomic E-state index is 12.9. The van der Waals surface area contributed by atoms with Gasteiger partial charge in [-0.05, 0) is 66.3 Å². The number of rotatable bonds is 6. The summed E-state index contributed by atoms with van der Waals surface area (Å²) in [5.74, 6) is 0.119. The summed E-state index contributed by atoms with van der Waals surface area (Å²) in [5, 5.41) is 4.26. The standard InChI is InChI=1S/C23H25N3O2/c1-17-14-19-8-11-25(12-13-28-2)23(27)22(19)16-20(17)15-18-4-6-21(7-5-18)26-10-3-9-24-26/h3-7,9-10,14,16H,8,11-13,15H2,1-2H3. The summed E-state index contributed by atoms with van der Waals surface area (Å²) in [6, 6.07) is 14.6. The molecule has 0 bridgehead atoms. The normalized spacial score (nSPS) is 13.6. The maximum atomic E-state index is 12.9. The molecule has 144 valence electrons. The van der Waals surface area contributed by atoms with Crippen LogP contribution >= 0.6 is 0 Å². The molecule has 2 aromatic carbocycles. The van der Waals surface area contributed by atoms with Crippen LogP contribution in [0.4, 0.5) is 0 Å². The Kier molecular flexibility index (Phi) is 5.26. The predicted octanol–water partition coefficient (Wildman–Crippen LogP) is 3.42. The molecule has 1 aliphatic rings. The topological polar surface area (TPSA) is 47.4 Å². The molecule has 2 heterocycles. The molecular weight excluding hydrogens is 350 g/mol. The van der Waals surface area contributed by atoms with Gasteiger partial charge in [0, 0.05) is 38.2 Å². The minimum Gasteiger partial charge on any atom is -0.383 e. The summed E-state index contributed by atoms with van der Waals surface area (Å²) in [6.45, 7) is 4.12. The summed E-state index contributed by atoms with van der Waals surface area (Å²) < 4.78 is 6.99. The van der Waals surface area contributed by atoms with E-state index in [1.165, 1.54) is 16.7 Å². The Morgan fingerprint density at radius 2 is 2.00 bits per heavy atom. The van der Waals surface area contributed by atoms with Crippen molar-refractivity contribution < 1.29 is 9.53 Å². The van der Waals surface area contributed by atoms with E-state index in [4.69, 9.17) is 4.74 Å². The zero-order chi connectivity index (χ0) is 19.5. The van der Waals surface area contributed by atoms with Gasteiger partial charge in [-0.3, -0.25) is 4.79 Å². The molecule has 5 nitrogen and oxygen atoms in total. The molecule has 0 atom stereocenters. The van der Waals surface area contributed by atoms with Gasteiger partial charge in [-0.25, -0.2) is 4.68 Å². The third-order valence-electron chi connectivity index (χ3n) is 5.40. The Morgan fingerprint density at radius 3 is 2.71 bits per heavy atom. The number of benzene rings is 2. The number of aromatic nitrogens is 2. The van der Waals surface area contributed by atoms with Gasteiger partial charge in [0.1, 0.15) is 0 Å². The fourth-order valence-electron chi connectivity index (χ4n) is 3.76. The number of carbonyl (C=O) groups excluding carboxylic acids is 1. The van der Waals surface area contributed by atoms with Crippen LogP contribution < -0.4 is 0 Å². The van der Waals surface area contributed by atoms with E-state index in [0.717, 1.165) is 36.2 Å². The van der Waals surface area contributed by atoms with Crippen molar-refractivity contribution in [2.24, 2.45) is 0 Å². The number of amides is 1. The van der Waals surface area contributed by atoms with Gasteiger partial charge in [-0.15, -0.1) is 0 Å². The molecule has 28 heavy (non-hydrogen) atoms. The molecule has 0 radical (unpaired) electrons.